The average Bonchev–Trinajstić information content (AvgIpc) is 3.98. The van der Waals surface area contributed by atoms with Crippen LogP contribution in [0, 0.1) is 0 Å². The highest BCUT2D eigenvalue weighted by molar-refractivity contribution is 6.14. The fourth-order valence-electron chi connectivity index (χ4n) is 9.21. The maximum absolute atomic E-state index is 9.24. The Morgan fingerprint density at radius 1 is 0.375 bits per heavy atom. The third kappa shape index (κ3) is 5.75. The molecule has 0 radical (unpaired) electrons. The van der Waals surface area contributed by atoms with E-state index in [1.54, 1.807) is 16.7 Å². The molecule has 0 saturated carbocycles. The van der Waals surface area contributed by atoms with Crippen molar-refractivity contribution in [3.05, 3.63) is 218 Å². The first-order valence-corrected chi connectivity index (χ1v) is 21.0. The van der Waals surface area contributed by atoms with Crippen LogP contribution in [0.3, 0.4) is 0 Å². The molecule has 13 aromatic rings. The maximum atomic E-state index is 9.24. The Balaban J connectivity index is 1.06. The quantitative estimate of drug-likeness (QED) is 0.157. The zero-order valence-corrected chi connectivity index (χ0v) is 33.9. The van der Waals surface area contributed by atoms with Crippen LogP contribution in [0.25, 0.3) is 127 Å². The van der Waals surface area contributed by atoms with Gasteiger partial charge in [-0.15, -0.1) is 0 Å². The van der Waals surface area contributed by atoms with Gasteiger partial charge in [-0.05, 0) is 86.7 Å². The first kappa shape index (κ1) is 29.6. The van der Waals surface area contributed by atoms with Crippen molar-refractivity contribution in [1.82, 2.24) is 19.5 Å². The van der Waals surface area contributed by atoms with Gasteiger partial charge in [0.2, 0.25) is 0 Å². The Morgan fingerprint density at radius 3 is 1.94 bits per heavy atom. The highest BCUT2D eigenvalue weighted by Crippen LogP contribution is 2.41. The second kappa shape index (κ2) is 14.5. The Bertz CT molecular complexity index is 4400. The molecule has 3 aromatic heterocycles. The number of rotatable bonds is 6. The average molecular weight is 824 g/mol. The Morgan fingerprint density at radius 2 is 1.03 bits per heavy atom. The van der Waals surface area contributed by atoms with Crippen molar-refractivity contribution in [2.75, 3.05) is 0 Å². The van der Waals surface area contributed by atoms with E-state index in [1.807, 2.05) is 84.9 Å². The van der Waals surface area contributed by atoms with Crippen LogP contribution in [0.15, 0.2) is 223 Å². The van der Waals surface area contributed by atoms with E-state index in [1.165, 1.54) is 6.07 Å². The van der Waals surface area contributed by atoms with Crippen molar-refractivity contribution in [3.8, 4) is 62.1 Å². The molecule has 64 heavy (non-hydrogen) atoms. The lowest BCUT2D eigenvalue weighted by molar-refractivity contribution is 0.670. The molecule has 13 rings (SSSR count). The van der Waals surface area contributed by atoms with E-state index >= 15 is 0 Å². The molecule has 5 heteroatoms. The van der Waals surface area contributed by atoms with Crippen molar-refractivity contribution in [2.24, 2.45) is 0 Å². The van der Waals surface area contributed by atoms with Crippen LogP contribution in [0.4, 0.5) is 0 Å². The predicted octanol–water partition coefficient (Wildman–Crippen LogP) is 15.5. The minimum Gasteiger partial charge on any atom is -0.455 e. The number of furan rings is 1. The fraction of sp³-hybridized carbons (Fsp3) is 0. The zero-order chi connectivity index (χ0) is 48.2. The molecule has 0 atom stereocenters. The standard InChI is InChI=1S/C59H36N4O/c1-2-16-37(17-3-1)38-32-33-55-50(35-38)48-28-15-27-43(56(48)64-55)39-19-14-20-41(34-39)57-60-58(62-59(61-57)51-36-40-18-4-5-21-42(40)44-22-6-7-23-45(44)51)49-26-10-13-31-54(49)63-52-29-11-8-24-46(52)47-25-9-12-30-53(47)63/h1-36H/i8D,9D,11D,24D,25D,29D,30D. The SMILES string of the molecule is [2H]c1cc([2H])c2c(c1[2H])c1c([2H])c([2H])c([2H])c([2H])c1n2-c1ccccc1-c1nc(-c2cccc(-c3cccc4c3oc3ccc(-c5ccccc5)cc34)c2)nc(-c2cc3ccccc3c3ccccc23)n1. The topological polar surface area (TPSA) is 56.7 Å². The van der Waals surface area contributed by atoms with Crippen molar-refractivity contribution in [1.29, 1.82) is 0 Å². The smallest absolute Gasteiger partial charge is 0.166 e. The minimum absolute atomic E-state index is 0.0565. The summed E-state index contributed by atoms with van der Waals surface area (Å²) in [6.07, 6.45) is 0. The lowest BCUT2D eigenvalue weighted by Gasteiger charge is -2.15. The molecule has 5 nitrogen and oxygen atoms in total. The van der Waals surface area contributed by atoms with Gasteiger partial charge < -0.3 is 8.98 Å². The minimum atomic E-state index is -0.471. The summed E-state index contributed by atoms with van der Waals surface area (Å²) in [5, 5.41) is 6.22. The van der Waals surface area contributed by atoms with Crippen LogP contribution < -0.4 is 0 Å². The number of nitrogens with zero attached hydrogens (tertiary/aromatic N) is 4. The molecule has 0 fully saturated rings. The van der Waals surface area contributed by atoms with Gasteiger partial charge in [0.25, 0.3) is 0 Å². The molecule has 0 aliphatic heterocycles. The van der Waals surface area contributed by atoms with Crippen LogP contribution in [-0.2, 0) is 0 Å². The number of aromatic nitrogens is 4. The Labute approximate surface area is 378 Å². The van der Waals surface area contributed by atoms with Gasteiger partial charge in [-0.1, -0.05) is 170 Å². The second-order valence-corrected chi connectivity index (χ2v) is 15.8. The van der Waals surface area contributed by atoms with Crippen molar-refractivity contribution >= 4 is 65.3 Å². The van der Waals surface area contributed by atoms with E-state index < -0.39 is 12.1 Å². The monoisotopic (exact) mass is 823 g/mol. The van der Waals surface area contributed by atoms with Crippen molar-refractivity contribution in [2.45, 2.75) is 0 Å². The lowest BCUT2D eigenvalue weighted by Crippen LogP contribution is -2.04. The van der Waals surface area contributed by atoms with Crippen LogP contribution >= 0.6 is 0 Å². The van der Waals surface area contributed by atoms with Crippen LogP contribution in [0.5, 0.6) is 0 Å². The summed E-state index contributed by atoms with van der Waals surface area (Å²) < 4.78 is 70.7. The molecule has 0 aliphatic carbocycles. The van der Waals surface area contributed by atoms with Gasteiger partial charge in [-0.25, -0.2) is 15.0 Å². The van der Waals surface area contributed by atoms with Gasteiger partial charge in [-0.2, -0.15) is 0 Å². The highest BCUT2D eigenvalue weighted by atomic mass is 16.3. The summed E-state index contributed by atoms with van der Waals surface area (Å²) in [6, 6.07) is 55.6. The maximum Gasteiger partial charge on any atom is 0.166 e. The number of benzene rings is 10. The summed E-state index contributed by atoms with van der Waals surface area (Å²) >= 11 is 0. The summed E-state index contributed by atoms with van der Waals surface area (Å²) in [5.74, 6) is 1.04. The van der Waals surface area contributed by atoms with Gasteiger partial charge in [0.15, 0.2) is 17.5 Å². The second-order valence-electron chi connectivity index (χ2n) is 15.8. The van der Waals surface area contributed by atoms with Gasteiger partial charge >= 0.3 is 0 Å². The molecule has 10 aromatic carbocycles. The Kier molecular flexibility index (Phi) is 6.68. The lowest BCUT2D eigenvalue weighted by atomic mass is 9.96. The molecule has 0 amide bonds. The summed E-state index contributed by atoms with van der Waals surface area (Å²) in [7, 11) is 0. The molecule has 298 valence electrons. The molecule has 0 saturated heterocycles. The summed E-state index contributed by atoms with van der Waals surface area (Å²) in [6.45, 7) is 0. The highest BCUT2D eigenvalue weighted by Gasteiger charge is 2.21. The number of hydrogen-bond acceptors (Lipinski definition) is 4. The normalized spacial score (nSPS) is 13.3. The van der Waals surface area contributed by atoms with Gasteiger partial charge in [-0.3, -0.25) is 0 Å². The molecule has 0 unspecified atom stereocenters. The third-order valence-electron chi connectivity index (χ3n) is 12.1. The van der Waals surface area contributed by atoms with E-state index in [2.05, 4.69) is 72.8 Å². The van der Waals surface area contributed by atoms with Gasteiger partial charge in [0.1, 0.15) is 11.2 Å². The third-order valence-corrected chi connectivity index (χ3v) is 12.1. The van der Waals surface area contributed by atoms with Crippen LogP contribution in [-0.4, -0.2) is 19.5 Å². The van der Waals surface area contributed by atoms with E-state index in [0.29, 0.717) is 28.5 Å². The van der Waals surface area contributed by atoms with Crippen molar-refractivity contribution < 1.29 is 14.0 Å². The molecular weight excluding hydrogens is 781 g/mol. The van der Waals surface area contributed by atoms with E-state index in [9.17, 15) is 2.74 Å². The number of para-hydroxylation sites is 4. The predicted molar refractivity (Wildman–Crippen MR) is 264 cm³/mol. The van der Waals surface area contributed by atoms with E-state index in [4.69, 9.17) is 26.2 Å². The Hall–Kier alpha value is -8.67. The summed E-state index contributed by atoms with van der Waals surface area (Å²) in [5.41, 5.74) is 8.16. The van der Waals surface area contributed by atoms with Crippen molar-refractivity contribution in [3.63, 3.8) is 0 Å². The first-order valence-electron chi connectivity index (χ1n) is 24.5. The van der Waals surface area contributed by atoms with E-state index in [0.717, 1.165) is 71.3 Å². The van der Waals surface area contributed by atoms with Crippen LogP contribution in [0.1, 0.15) is 9.60 Å². The molecular formula is C59H36N4O. The zero-order valence-electron chi connectivity index (χ0n) is 40.9. The van der Waals surface area contributed by atoms with Gasteiger partial charge in [0.05, 0.1) is 26.3 Å². The summed E-state index contributed by atoms with van der Waals surface area (Å²) in [4.78, 5) is 15.8. The van der Waals surface area contributed by atoms with E-state index in [-0.39, 0.29) is 57.8 Å². The first-order chi connectivity index (χ1) is 34.6. The number of fused-ring (bicyclic) bond motifs is 9. The fourth-order valence-corrected chi connectivity index (χ4v) is 9.21. The largest absolute Gasteiger partial charge is 0.455 e. The molecule has 0 aliphatic rings. The molecule has 0 spiro atoms. The molecule has 0 N–H and O–H groups in total. The number of hydrogen-bond donors (Lipinski definition) is 0. The van der Waals surface area contributed by atoms with Gasteiger partial charge in [0, 0.05) is 43.8 Å². The molecule has 3 heterocycles. The molecule has 0 bridgehead atoms. The van der Waals surface area contributed by atoms with Crippen LogP contribution in [0.2, 0.25) is 0 Å².